The third-order valence-electron chi connectivity index (χ3n) is 3.90. The van der Waals surface area contributed by atoms with Crippen LogP contribution >= 0.6 is 38.9 Å². The van der Waals surface area contributed by atoms with Gasteiger partial charge in [0.25, 0.3) is 0 Å². The highest BCUT2D eigenvalue weighted by molar-refractivity contribution is 9.11. The van der Waals surface area contributed by atoms with E-state index in [4.69, 9.17) is 23.1 Å². The summed E-state index contributed by atoms with van der Waals surface area (Å²) in [7, 11) is 0. The van der Waals surface area contributed by atoms with Gasteiger partial charge in [0, 0.05) is 17.3 Å². The summed E-state index contributed by atoms with van der Waals surface area (Å²) >= 11 is 11.0. The number of rotatable bonds is 5. The number of amides is 1. The molecule has 0 aliphatic heterocycles. The van der Waals surface area contributed by atoms with Gasteiger partial charge in [0.2, 0.25) is 5.91 Å². The Bertz CT molecular complexity index is 452. The van der Waals surface area contributed by atoms with E-state index in [2.05, 4.69) is 15.9 Å². The zero-order valence-corrected chi connectivity index (χ0v) is 13.8. The van der Waals surface area contributed by atoms with Crippen molar-refractivity contribution in [1.82, 2.24) is 0 Å². The van der Waals surface area contributed by atoms with Crippen LogP contribution in [0.1, 0.15) is 49.4 Å². The highest BCUT2D eigenvalue weighted by Gasteiger charge is 2.37. The molecule has 1 unspecified atom stereocenters. The van der Waals surface area contributed by atoms with Crippen LogP contribution < -0.4 is 11.5 Å². The molecule has 106 valence electrons. The lowest BCUT2D eigenvalue weighted by Crippen LogP contribution is -2.29. The van der Waals surface area contributed by atoms with E-state index < -0.39 is 0 Å². The van der Waals surface area contributed by atoms with Crippen LogP contribution in [0.3, 0.4) is 0 Å². The molecule has 1 aromatic rings. The average molecular weight is 366 g/mol. The van der Waals surface area contributed by atoms with E-state index in [9.17, 15) is 4.79 Å². The van der Waals surface area contributed by atoms with Crippen LogP contribution in [0.15, 0.2) is 9.85 Å². The van der Waals surface area contributed by atoms with Crippen molar-refractivity contribution in [3.05, 3.63) is 19.8 Å². The third kappa shape index (κ3) is 3.72. The highest BCUT2D eigenvalue weighted by Crippen LogP contribution is 2.48. The maximum atomic E-state index is 11.3. The number of halogens is 2. The van der Waals surface area contributed by atoms with Gasteiger partial charge in [-0.3, -0.25) is 4.79 Å². The Morgan fingerprint density at radius 2 is 2.16 bits per heavy atom. The minimum absolute atomic E-state index is 0.00576. The molecule has 0 radical (unpaired) electrons. The molecule has 19 heavy (non-hydrogen) atoms. The molecule has 1 heterocycles. The number of hydrogen-bond acceptors (Lipinski definition) is 3. The smallest absolute Gasteiger partial charge is 0.217 e. The van der Waals surface area contributed by atoms with Crippen LogP contribution in [0.2, 0.25) is 5.02 Å². The summed E-state index contributed by atoms with van der Waals surface area (Å²) in [6.07, 6.45) is 5.66. The van der Waals surface area contributed by atoms with Crippen molar-refractivity contribution in [2.24, 2.45) is 16.9 Å². The van der Waals surface area contributed by atoms with Gasteiger partial charge in [-0.2, -0.15) is 0 Å². The van der Waals surface area contributed by atoms with Gasteiger partial charge in [-0.1, -0.05) is 24.4 Å². The van der Waals surface area contributed by atoms with E-state index in [1.165, 1.54) is 0 Å². The van der Waals surface area contributed by atoms with Gasteiger partial charge >= 0.3 is 0 Å². The Morgan fingerprint density at radius 3 is 2.63 bits per heavy atom. The van der Waals surface area contributed by atoms with Crippen molar-refractivity contribution in [3.63, 3.8) is 0 Å². The summed E-state index contributed by atoms with van der Waals surface area (Å²) in [5, 5.41) is 0.700. The number of hydrogen-bond donors (Lipinski definition) is 2. The molecule has 0 saturated heterocycles. The minimum atomic E-state index is -0.223. The van der Waals surface area contributed by atoms with Gasteiger partial charge in [0.05, 0.1) is 8.81 Å². The highest BCUT2D eigenvalue weighted by atomic mass is 79.9. The van der Waals surface area contributed by atoms with Crippen molar-refractivity contribution in [1.29, 1.82) is 0 Å². The quantitative estimate of drug-likeness (QED) is 0.828. The molecule has 1 amide bonds. The first-order valence-corrected chi connectivity index (χ1v) is 8.39. The van der Waals surface area contributed by atoms with E-state index in [1.807, 2.05) is 6.07 Å². The molecule has 1 aliphatic rings. The Kier molecular flexibility index (Phi) is 4.93. The lowest BCUT2D eigenvalue weighted by atomic mass is 9.77. The summed E-state index contributed by atoms with van der Waals surface area (Å²) in [5.41, 5.74) is 11.7. The van der Waals surface area contributed by atoms with Crippen molar-refractivity contribution < 1.29 is 4.79 Å². The van der Waals surface area contributed by atoms with Crippen LogP contribution in [0, 0.1) is 5.41 Å². The Hall–Kier alpha value is -0.100. The summed E-state index contributed by atoms with van der Waals surface area (Å²) in [6, 6.07) is 1.83. The molecule has 0 aromatic carbocycles. The second-order valence-corrected chi connectivity index (χ2v) is 8.24. The molecule has 6 heteroatoms. The van der Waals surface area contributed by atoms with E-state index in [1.54, 1.807) is 11.3 Å². The largest absolute Gasteiger partial charge is 0.370 e. The summed E-state index contributed by atoms with van der Waals surface area (Å²) < 4.78 is 0.912. The van der Waals surface area contributed by atoms with Gasteiger partial charge in [0.1, 0.15) is 0 Å². The molecule has 1 saturated carbocycles. The average Bonchev–Trinajstić information content (AvgIpc) is 2.87. The van der Waals surface area contributed by atoms with Crippen molar-refractivity contribution >= 4 is 44.8 Å². The standard InChI is InChI=1S/C13H18BrClN2OS/c14-12-8(15)5-10(19-12)9(16)6-13(7-11(17)18)3-1-2-4-13/h5,9H,1-4,6-7,16H2,(H2,17,18). The summed E-state index contributed by atoms with van der Waals surface area (Å²) in [4.78, 5) is 12.4. The van der Waals surface area contributed by atoms with Crippen molar-refractivity contribution in [2.45, 2.75) is 44.6 Å². The van der Waals surface area contributed by atoms with Crippen LogP contribution in [0.25, 0.3) is 0 Å². The second-order valence-electron chi connectivity index (χ2n) is 5.43. The number of carbonyl (C=O) groups is 1. The molecular formula is C13H18BrClN2OS. The molecule has 1 aromatic heterocycles. The Balaban J connectivity index is 2.10. The lowest BCUT2D eigenvalue weighted by Gasteiger charge is -2.30. The first kappa shape index (κ1) is 15.3. The molecule has 3 nitrogen and oxygen atoms in total. The molecule has 4 N–H and O–H groups in total. The number of primary amides is 1. The van der Waals surface area contributed by atoms with Gasteiger partial charge < -0.3 is 11.5 Å². The van der Waals surface area contributed by atoms with E-state index in [0.717, 1.165) is 40.8 Å². The van der Waals surface area contributed by atoms with E-state index in [0.29, 0.717) is 11.4 Å². The fourth-order valence-electron chi connectivity index (χ4n) is 3.06. The first-order chi connectivity index (χ1) is 8.92. The van der Waals surface area contributed by atoms with Gasteiger partial charge in [-0.25, -0.2) is 0 Å². The third-order valence-corrected chi connectivity index (χ3v) is 6.50. The fourth-order valence-corrected chi connectivity index (χ4v) is 4.81. The monoisotopic (exact) mass is 364 g/mol. The second kappa shape index (κ2) is 6.12. The minimum Gasteiger partial charge on any atom is -0.370 e. The molecule has 0 spiro atoms. The zero-order chi connectivity index (χ0) is 14.0. The fraction of sp³-hybridized carbons (Fsp3) is 0.615. The van der Waals surface area contributed by atoms with Crippen LogP contribution in [0.4, 0.5) is 0 Å². The molecular weight excluding hydrogens is 348 g/mol. The number of carbonyl (C=O) groups excluding carboxylic acids is 1. The number of nitrogens with two attached hydrogens (primary N) is 2. The molecule has 2 rings (SSSR count). The van der Waals surface area contributed by atoms with Crippen LogP contribution in [-0.4, -0.2) is 5.91 Å². The topological polar surface area (TPSA) is 69.1 Å². The molecule has 1 fully saturated rings. The molecule has 0 bridgehead atoms. The van der Waals surface area contributed by atoms with E-state index in [-0.39, 0.29) is 17.4 Å². The maximum Gasteiger partial charge on any atom is 0.217 e. The summed E-state index contributed by atoms with van der Waals surface area (Å²) in [6.45, 7) is 0. The lowest BCUT2D eigenvalue weighted by molar-refractivity contribution is -0.120. The predicted molar refractivity (Wildman–Crippen MR) is 83.3 cm³/mol. The molecule has 1 atom stereocenters. The van der Waals surface area contributed by atoms with E-state index >= 15 is 0 Å². The van der Waals surface area contributed by atoms with Gasteiger partial charge in [0.15, 0.2) is 0 Å². The summed E-state index contributed by atoms with van der Waals surface area (Å²) in [5.74, 6) is -0.223. The Labute approximate surface area is 130 Å². The van der Waals surface area contributed by atoms with Crippen molar-refractivity contribution in [3.8, 4) is 0 Å². The Morgan fingerprint density at radius 1 is 1.53 bits per heavy atom. The van der Waals surface area contributed by atoms with Crippen molar-refractivity contribution in [2.75, 3.05) is 0 Å². The zero-order valence-electron chi connectivity index (χ0n) is 10.6. The first-order valence-electron chi connectivity index (χ1n) is 6.40. The SMILES string of the molecule is NC(=O)CC1(CC(N)c2cc(Cl)c(Br)s2)CCCC1. The normalized spacial score (nSPS) is 19.5. The molecule has 1 aliphatic carbocycles. The predicted octanol–water partition coefficient (Wildman–Crippen LogP) is 3.99. The number of thiophene rings is 1. The van der Waals surface area contributed by atoms with Crippen LogP contribution in [0.5, 0.6) is 0 Å². The maximum absolute atomic E-state index is 11.3. The van der Waals surface area contributed by atoms with Crippen LogP contribution in [-0.2, 0) is 4.79 Å². The van der Waals surface area contributed by atoms with Gasteiger partial charge in [-0.05, 0) is 46.7 Å². The van der Waals surface area contributed by atoms with Gasteiger partial charge in [-0.15, -0.1) is 11.3 Å².